The highest BCUT2D eigenvalue weighted by molar-refractivity contribution is 5.90. The van der Waals surface area contributed by atoms with Gasteiger partial charge in [0.1, 0.15) is 0 Å². The Morgan fingerprint density at radius 2 is 2.00 bits per heavy atom. The van der Waals surface area contributed by atoms with E-state index in [2.05, 4.69) is 11.9 Å². The third-order valence-corrected chi connectivity index (χ3v) is 2.64. The van der Waals surface area contributed by atoms with E-state index in [-0.39, 0.29) is 5.91 Å². The molecule has 0 aliphatic heterocycles. The highest BCUT2D eigenvalue weighted by Gasteiger charge is 2.13. The lowest BCUT2D eigenvalue weighted by Crippen LogP contribution is -2.11. The zero-order valence-corrected chi connectivity index (χ0v) is 10.3. The van der Waals surface area contributed by atoms with Crippen LogP contribution in [0.3, 0.4) is 0 Å². The molecule has 0 fully saturated rings. The minimum absolute atomic E-state index is 0.0751. The third-order valence-electron chi connectivity index (χ3n) is 2.64. The second-order valence-electron chi connectivity index (χ2n) is 4.06. The van der Waals surface area contributed by atoms with Gasteiger partial charge in [-0.15, -0.1) is 6.58 Å². The molecule has 1 aromatic carbocycles. The fourth-order valence-electron chi connectivity index (χ4n) is 1.45. The van der Waals surface area contributed by atoms with E-state index in [9.17, 15) is 9.59 Å². The Morgan fingerprint density at radius 3 is 2.50 bits per heavy atom. The van der Waals surface area contributed by atoms with E-state index in [4.69, 9.17) is 5.11 Å². The van der Waals surface area contributed by atoms with Crippen LogP contribution in [0, 0.1) is 0 Å². The Morgan fingerprint density at radius 1 is 1.39 bits per heavy atom. The van der Waals surface area contributed by atoms with Gasteiger partial charge in [0.05, 0.1) is 5.92 Å². The molecule has 0 saturated heterocycles. The summed E-state index contributed by atoms with van der Waals surface area (Å²) in [5.74, 6) is -1.48. The van der Waals surface area contributed by atoms with Gasteiger partial charge in [0.2, 0.25) is 5.91 Å². The smallest absolute Gasteiger partial charge is 0.310 e. The van der Waals surface area contributed by atoms with Crippen LogP contribution in [0.15, 0.2) is 36.9 Å². The lowest BCUT2D eigenvalue weighted by molar-refractivity contribution is -0.138. The normalized spacial score (nSPS) is 11.6. The topological polar surface area (TPSA) is 66.4 Å². The van der Waals surface area contributed by atoms with Crippen LogP contribution in [0.2, 0.25) is 0 Å². The average molecular weight is 247 g/mol. The molecular weight excluding hydrogens is 230 g/mol. The van der Waals surface area contributed by atoms with Crippen LogP contribution in [0.4, 0.5) is 5.69 Å². The van der Waals surface area contributed by atoms with Crippen LogP contribution in [-0.2, 0) is 9.59 Å². The minimum Gasteiger partial charge on any atom is -0.481 e. The number of amides is 1. The molecule has 0 aliphatic carbocycles. The zero-order chi connectivity index (χ0) is 13.5. The first-order valence-corrected chi connectivity index (χ1v) is 5.78. The molecule has 4 heteroatoms. The molecule has 0 radical (unpaired) electrons. The van der Waals surface area contributed by atoms with E-state index in [0.29, 0.717) is 24.1 Å². The first-order chi connectivity index (χ1) is 8.54. The highest BCUT2D eigenvalue weighted by Crippen LogP contribution is 2.18. The number of nitrogens with one attached hydrogen (secondary N) is 1. The zero-order valence-electron chi connectivity index (χ0n) is 10.3. The van der Waals surface area contributed by atoms with E-state index in [1.807, 2.05) is 0 Å². The molecule has 0 aliphatic rings. The maximum atomic E-state index is 11.4. The maximum Gasteiger partial charge on any atom is 0.310 e. The number of allylic oxidation sites excluding steroid dienone is 1. The van der Waals surface area contributed by atoms with E-state index in [0.717, 1.165) is 0 Å². The van der Waals surface area contributed by atoms with Gasteiger partial charge >= 0.3 is 5.97 Å². The molecule has 0 bridgehead atoms. The molecule has 1 atom stereocenters. The summed E-state index contributed by atoms with van der Waals surface area (Å²) in [6.45, 7) is 5.18. The van der Waals surface area contributed by atoms with Gasteiger partial charge in [0.15, 0.2) is 0 Å². The lowest BCUT2D eigenvalue weighted by Gasteiger charge is -2.08. The number of carboxylic acids is 1. The average Bonchev–Trinajstić information content (AvgIpc) is 2.36. The second-order valence-corrected chi connectivity index (χ2v) is 4.06. The fourth-order valence-corrected chi connectivity index (χ4v) is 1.45. The summed E-state index contributed by atoms with van der Waals surface area (Å²) in [6.07, 6.45) is 2.73. The molecule has 0 spiro atoms. The van der Waals surface area contributed by atoms with Crippen LogP contribution in [0.1, 0.15) is 31.2 Å². The van der Waals surface area contributed by atoms with Crippen LogP contribution in [0.25, 0.3) is 0 Å². The Hall–Kier alpha value is -2.10. The van der Waals surface area contributed by atoms with Gasteiger partial charge < -0.3 is 10.4 Å². The monoisotopic (exact) mass is 247 g/mol. The van der Waals surface area contributed by atoms with E-state index in [1.54, 1.807) is 37.3 Å². The van der Waals surface area contributed by atoms with E-state index < -0.39 is 11.9 Å². The van der Waals surface area contributed by atoms with Crippen LogP contribution in [-0.4, -0.2) is 17.0 Å². The summed E-state index contributed by atoms with van der Waals surface area (Å²) < 4.78 is 0. The van der Waals surface area contributed by atoms with Crippen molar-refractivity contribution < 1.29 is 14.7 Å². The number of benzene rings is 1. The van der Waals surface area contributed by atoms with E-state index >= 15 is 0 Å². The van der Waals surface area contributed by atoms with Crippen molar-refractivity contribution in [2.45, 2.75) is 25.7 Å². The number of carboxylic acid groups (broad SMARTS) is 1. The predicted molar refractivity (Wildman–Crippen MR) is 70.6 cm³/mol. The molecule has 18 heavy (non-hydrogen) atoms. The summed E-state index contributed by atoms with van der Waals surface area (Å²) in [4.78, 5) is 22.2. The summed E-state index contributed by atoms with van der Waals surface area (Å²) in [6, 6.07) is 6.84. The molecule has 4 nitrogen and oxygen atoms in total. The third kappa shape index (κ3) is 4.05. The number of aliphatic carboxylic acids is 1. The van der Waals surface area contributed by atoms with Gasteiger partial charge in [0.25, 0.3) is 0 Å². The quantitative estimate of drug-likeness (QED) is 0.759. The Balaban J connectivity index is 2.63. The van der Waals surface area contributed by atoms with Gasteiger partial charge in [-0.2, -0.15) is 0 Å². The van der Waals surface area contributed by atoms with Crippen molar-refractivity contribution in [1.82, 2.24) is 0 Å². The standard InChI is InChI=1S/C14H17NO3/c1-3-4-5-13(16)15-12-8-6-11(7-9-12)10(2)14(17)18/h3,6-10H,1,4-5H2,2H3,(H,15,16)(H,17,18). The van der Waals surface area contributed by atoms with Crippen LogP contribution in [0.5, 0.6) is 0 Å². The van der Waals surface area contributed by atoms with Crippen molar-refractivity contribution in [3.63, 3.8) is 0 Å². The fraction of sp³-hybridized carbons (Fsp3) is 0.286. The molecule has 0 heterocycles. The number of carbonyl (C=O) groups is 2. The predicted octanol–water partition coefficient (Wildman–Crippen LogP) is 2.78. The van der Waals surface area contributed by atoms with Gasteiger partial charge in [-0.1, -0.05) is 18.2 Å². The summed E-state index contributed by atoms with van der Waals surface area (Å²) in [5, 5.41) is 11.6. The second kappa shape index (κ2) is 6.59. The van der Waals surface area contributed by atoms with Gasteiger partial charge in [-0.05, 0) is 31.0 Å². The summed E-state index contributed by atoms with van der Waals surface area (Å²) in [7, 11) is 0. The minimum atomic E-state index is -0.863. The molecule has 1 aromatic rings. The highest BCUT2D eigenvalue weighted by atomic mass is 16.4. The van der Waals surface area contributed by atoms with Crippen LogP contribution >= 0.6 is 0 Å². The first-order valence-electron chi connectivity index (χ1n) is 5.78. The van der Waals surface area contributed by atoms with Crippen molar-refractivity contribution in [2.24, 2.45) is 0 Å². The number of anilines is 1. The number of hydrogen-bond acceptors (Lipinski definition) is 2. The molecule has 0 aromatic heterocycles. The molecule has 1 unspecified atom stereocenters. The number of carbonyl (C=O) groups excluding carboxylic acids is 1. The molecule has 96 valence electrons. The van der Waals surface area contributed by atoms with Crippen molar-refractivity contribution >= 4 is 17.6 Å². The first kappa shape index (κ1) is 14.0. The summed E-state index contributed by atoms with van der Waals surface area (Å²) in [5.41, 5.74) is 1.39. The molecule has 0 saturated carbocycles. The van der Waals surface area contributed by atoms with Gasteiger partial charge in [0, 0.05) is 12.1 Å². The Bertz CT molecular complexity index is 437. The maximum absolute atomic E-state index is 11.4. The largest absolute Gasteiger partial charge is 0.481 e. The van der Waals surface area contributed by atoms with Crippen LogP contribution < -0.4 is 5.32 Å². The number of rotatable bonds is 6. The SMILES string of the molecule is C=CCCC(=O)Nc1ccc(C(C)C(=O)O)cc1. The Labute approximate surface area is 106 Å². The van der Waals surface area contributed by atoms with Gasteiger partial charge in [-0.3, -0.25) is 9.59 Å². The summed E-state index contributed by atoms with van der Waals surface area (Å²) >= 11 is 0. The van der Waals surface area contributed by atoms with Crippen molar-refractivity contribution in [1.29, 1.82) is 0 Å². The van der Waals surface area contributed by atoms with Crippen molar-refractivity contribution in [3.8, 4) is 0 Å². The van der Waals surface area contributed by atoms with Crippen molar-refractivity contribution in [2.75, 3.05) is 5.32 Å². The molecule has 2 N–H and O–H groups in total. The van der Waals surface area contributed by atoms with Crippen molar-refractivity contribution in [3.05, 3.63) is 42.5 Å². The van der Waals surface area contributed by atoms with Gasteiger partial charge in [-0.25, -0.2) is 0 Å². The number of hydrogen-bond donors (Lipinski definition) is 2. The molecular formula is C14H17NO3. The Kier molecular flexibility index (Phi) is 5.11. The molecule has 1 amide bonds. The van der Waals surface area contributed by atoms with E-state index in [1.165, 1.54) is 0 Å². The molecule has 1 rings (SSSR count). The lowest BCUT2D eigenvalue weighted by atomic mass is 10.0.